The van der Waals surface area contributed by atoms with E-state index in [0.717, 1.165) is 31.3 Å². The van der Waals surface area contributed by atoms with Gasteiger partial charge in [-0.3, -0.25) is 14.4 Å². The Morgan fingerprint density at radius 3 is 2.67 bits per heavy atom. The van der Waals surface area contributed by atoms with Gasteiger partial charge in [0.25, 0.3) is 0 Å². The summed E-state index contributed by atoms with van der Waals surface area (Å²) in [6, 6.07) is -0.743. The number of halogens is 1. The van der Waals surface area contributed by atoms with E-state index in [1.54, 1.807) is 13.0 Å². The van der Waals surface area contributed by atoms with E-state index in [-0.39, 0.29) is 47.2 Å². The number of ether oxygens (including phenoxy) is 2. The van der Waals surface area contributed by atoms with Gasteiger partial charge >= 0.3 is 0 Å². The van der Waals surface area contributed by atoms with Gasteiger partial charge in [0.2, 0.25) is 5.91 Å². The van der Waals surface area contributed by atoms with Crippen molar-refractivity contribution in [1.29, 1.82) is 0 Å². The minimum absolute atomic E-state index is 0.0563. The molecule has 0 radical (unpaired) electrons. The van der Waals surface area contributed by atoms with Crippen molar-refractivity contribution >= 4 is 29.2 Å². The molecule has 1 aliphatic heterocycles. The highest BCUT2D eigenvalue weighted by Crippen LogP contribution is 2.72. The van der Waals surface area contributed by atoms with Crippen molar-refractivity contribution in [2.45, 2.75) is 107 Å². The molecular weight excluding hydrogens is 559 g/mol. The van der Waals surface area contributed by atoms with Gasteiger partial charge in [-0.25, -0.2) is 4.39 Å². The lowest BCUT2D eigenvalue weighted by molar-refractivity contribution is -0.234. The van der Waals surface area contributed by atoms with Crippen LogP contribution in [0.15, 0.2) is 23.8 Å². The second kappa shape index (κ2) is 10.8. The number of hydrogen-bond acceptors (Lipinski definition) is 8. The summed E-state index contributed by atoms with van der Waals surface area (Å²) in [6.45, 7) is 3.80. The van der Waals surface area contributed by atoms with Crippen molar-refractivity contribution in [3.05, 3.63) is 23.8 Å². The Morgan fingerprint density at radius 1 is 1.21 bits per heavy atom. The molecule has 5 fully saturated rings. The summed E-state index contributed by atoms with van der Waals surface area (Å²) in [7, 11) is 1.53. The quantitative estimate of drug-likeness (QED) is 0.404. The molecule has 42 heavy (non-hydrogen) atoms. The number of fused-ring (bicyclic) bond motifs is 7. The van der Waals surface area contributed by atoms with Crippen LogP contribution in [0, 0.1) is 28.6 Å². The molecule has 0 bridgehead atoms. The van der Waals surface area contributed by atoms with Gasteiger partial charge in [0, 0.05) is 35.5 Å². The molecule has 6 rings (SSSR count). The zero-order valence-corrected chi connectivity index (χ0v) is 25.7. The van der Waals surface area contributed by atoms with E-state index in [1.807, 2.05) is 6.92 Å². The van der Waals surface area contributed by atoms with Crippen LogP contribution in [0.1, 0.15) is 71.6 Å². The minimum Gasteiger partial charge on any atom is -0.390 e. The molecule has 232 valence electrons. The Bertz CT molecular complexity index is 1210. The Morgan fingerprint density at radius 2 is 1.95 bits per heavy atom. The van der Waals surface area contributed by atoms with Gasteiger partial charge in [-0.1, -0.05) is 37.8 Å². The van der Waals surface area contributed by atoms with Crippen molar-refractivity contribution in [3.8, 4) is 0 Å². The first-order valence-corrected chi connectivity index (χ1v) is 16.8. The zero-order valence-electron chi connectivity index (χ0n) is 24.9. The summed E-state index contributed by atoms with van der Waals surface area (Å²) >= 11 is 1.30. The fraction of sp³-hybridized carbons (Fsp3) is 0.781. The van der Waals surface area contributed by atoms with Crippen molar-refractivity contribution in [3.63, 3.8) is 0 Å². The number of allylic oxidation sites excluding steroid dienone is 4. The fourth-order valence-corrected chi connectivity index (χ4v) is 10.7. The van der Waals surface area contributed by atoms with Crippen LogP contribution >= 0.6 is 11.8 Å². The van der Waals surface area contributed by atoms with Gasteiger partial charge in [0.05, 0.1) is 24.0 Å². The van der Waals surface area contributed by atoms with Gasteiger partial charge in [-0.05, 0) is 63.5 Å². The minimum atomic E-state index is -1.99. The molecule has 8 nitrogen and oxygen atoms in total. The summed E-state index contributed by atoms with van der Waals surface area (Å²) in [5, 5.41) is 14.4. The van der Waals surface area contributed by atoms with Crippen molar-refractivity contribution < 1.29 is 33.4 Å². The first kappa shape index (κ1) is 30.4. The molecule has 4 N–H and O–H groups in total. The molecule has 6 aliphatic rings. The predicted molar refractivity (Wildman–Crippen MR) is 157 cm³/mol. The summed E-state index contributed by atoms with van der Waals surface area (Å²) < 4.78 is 31.2. The fourth-order valence-electron chi connectivity index (χ4n) is 9.75. The third-order valence-electron chi connectivity index (χ3n) is 12.0. The molecule has 0 spiro atoms. The Kier molecular flexibility index (Phi) is 7.82. The number of hydrogen-bond donors (Lipinski definition) is 3. The highest BCUT2D eigenvalue weighted by atomic mass is 32.2. The molecule has 0 aromatic heterocycles. The lowest BCUT2D eigenvalue weighted by atomic mass is 9.44. The van der Waals surface area contributed by atoms with Crippen LogP contribution in [0.5, 0.6) is 0 Å². The molecule has 10 heteroatoms. The summed E-state index contributed by atoms with van der Waals surface area (Å²) in [4.78, 5) is 38.6. The Labute approximate surface area is 251 Å². The second-order valence-electron chi connectivity index (χ2n) is 13.9. The van der Waals surface area contributed by atoms with Gasteiger partial charge in [0.1, 0.15) is 0 Å². The standard InChI is InChI=1S/C32H45FN2O6S/c1-29-12-11-20(36)13-19(29)9-10-21-22-14-26-32(30(22,2)15-24(37)31(21,29)33,25(38)17-42-16-23(34)27(39)35-3)41-28(40-26)18-7-5-4-6-8-18/h11-13,18,21-24,26,28,37H,4-10,14-17,34H2,1-3H3,(H,35,39)/t21-,22-,23?,24-,26+,28+,29-,30-,31-,32+/m0/s1. The number of alkyl halides is 1. The number of likely N-dealkylation sites (N-methyl/N-ethyl adjacent to an activating group) is 1. The van der Waals surface area contributed by atoms with E-state index < -0.39 is 52.6 Å². The molecule has 10 atom stereocenters. The third kappa shape index (κ3) is 4.18. The topological polar surface area (TPSA) is 128 Å². The number of carbonyl (C=O) groups excluding carboxylic acids is 3. The van der Waals surface area contributed by atoms with Gasteiger partial charge < -0.3 is 25.6 Å². The SMILES string of the molecule is CNC(=O)C(N)CSCC(=O)[C@@]12O[C@H](C3CCCCC3)O[C@@H]1C[C@H]1[C@@H]3CCC4=CC(=O)C=C[C@]4(C)[C@@]3(F)[C@@H](O)C[C@@]12C. The van der Waals surface area contributed by atoms with E-state index in [2.05, 4.69) is 5.32 Å². The number of rotatable bonds is 7. The van der Waals surface area contributed by atoms with Crippen molar-refractivity contribution in [1.82, 2.24) is 5.32 Å². The number of Topliss-reactive ketones (excluding diaryl/α,β-unsaturated/α-hetero) is 1. The number of amides is 1. The van der Waals surface area contributed by atoms with Crippen LogP contribution in [0.3, 0.4) is 0 Å². The van der Waals surface area contributed by atoms with Crippen LogP contribution in [0.25, 0.3) is 0 Å². The summed E-state index contributed by atoms with van der Waals surface area (Å²) in [5.41, 5.74) is 1.47. The lowest BCUT2D eigenvalue weighted by Crippen LogP contribution is -2.69. The zero-order chi connectivity index (χ0) is 30.1. The average Bonchev–Trinajstić information content (AvgIpc) is 3.47. The number of carbonyl (C=O) groups is 3. The highest BCUT2D eigenvalue weighted by Gasteiger charge is 2.79. The Balaban J connectivity index is 1.34. The number of thioether (sulfide) groups is 1. The number of ketones is 2. The summed E-state index contributed by atoms with van der Waals surface area (Å²) in [5.74, 6) is -0.795. The van der Waals surface area contributed by atoms with E-state index in [0.29, 0.717) is 19.3 Å². The monoisotopic (exact) mass is 604 g/mol. The van der Waals surface area contributed by atoms with Crippen LogP contribution in [-0.2, 0) is 23.9 Å². The van der Waals surface area contributed by atoms with Crippen LogP contribution in [-0.4, -0.2) is 76.9 Å². The maximum atomic E-state index is 17.7. The molecule has 0 aromatic rings. The lowest BCUT2D eigenvalue weighted by Gasteiger charge is -2.62. The number of nitrogens with two attached hydrogens (primary N) is 1. The normalized spacial score (nSPS) is 45.3. The van der Waals surface area contributed by atoms with Crippen molar-refractivity contribution in [2.24, 2.45) is 34.3 Å². The maximum absolute atomic E-state index is 17.7. The first-order valence-electron chi connectivity index (χ1n) is 15.6. The second-order valence-corrected chi connectivity index (χ2v) is 14.9. The number of aliphatic hydroxyl groups is 1. The smallest absolute Gasteiger partial charge is 0.237 e. The van der Waals surface area contributed by atoms with E-state index >= 15 is 4.39 Å². The molecule has 4 saturated carbocycles. The van der Waals surface area contributed by atoms with E-state index in [1.165, 1.54) is 37.4 Å². The largest absolute Gasteiger partial charge is 0.390 e. The van der Waals surface area contributed by atoms with Gasteiger partial charge in [-0.2, -0.15) is 11.8 Å². The molecule has 0 aromatic carbocycles. The molecule has 1 amide bonds. The predicted octanol–water partition coefficient (Wildman–Crippen LogP) is 3.40. The van der Waals surface area contributed by atoms with Crippen LogP contribution < -0.4 is 11.1 Å². The van der Waals surface area contributed by atoms with Crippen LogP contribution in [0.2, 0.25) is 0 Å². The van der Waals surface area contributed by atoms with Gasteiger partial charge in [-0.15, -0.1) is 0 Å². The summed E-state index contributed by atoms with van der Waals surface area (Å²) in [6.07, 6.45) is 9.13. The molecule has 1 unspecified atom stereocenters. The first-order chi connectivity index (χ1) is 19.9. The molecule has 1 saturated heterocycles. The molecule has 1 heterocycles. The Hall–Kier alpha value is -1.59. The van der Waals surface area contributed by atoms with Crippen molar-refractivity contribution in [2.75, 3.05) is 18.6 Å². The molecular formula is C32H45FN2O6S. The number of aliphatic hydroxyl groups excluding tert-OH is 1. The number of nitrogens with one attached hydrogen (secondary N) is 1. The van der Waals surface area contributed by atoms with E-state index in [4.69, 9.17) is 15.2 Å². The molecule has 5 aliphatic carbocycles. The van der Waals surface area contributed by atoms with Crippen LogP contribution in [0.4, 0.5) is 4.39 Å². The van der Waals surface area contributed by atoms with E-state index in [9.17, 15) is 19.5 Å². The average molecular weight is 605 g/mol. The third-order valence-corrected chi connectivity index (χ3v) is 13.0. The highest BCUT2D eigenvalue weighted by molar-refractivity contribution is 8.00. The maximum Gasteiger partial charge on any atom is 0.237 e. The van der Waals surface area contributed by atoms with Gasteiger partial charge in [0.15, 0.2) is 29.1 Å².